The number of nitrogens with one attached hydrogen (secondary N) is 1. The number of ether oxygens (including phenoxy) is 1. The van der Waals surface area contributed by atoms with Gasteiger partial charge >= 0.3 is 0 Å². The van der Waals surface area contributed by atoms with Crippen molar-refractivity contribution < 1.29 is 18.7 Å². The first-order chi connectivity index (χ1) is 13.0. The van der Waals surface area contributed by atoms with E-state index in [1.54, 1.807) is 19.2 Å². The number of nitrogens with zero attached hydrogens (tertiary/aromatic N) is 1. The molecule has 2 rings (SSSR count). The van der Waals surface area contributed by atoms with Crippen molar-refractivity contribution in [1.29, 1.82) is 0 Å². The molecule has 0 aliphatic rings. The minimum absolute atomic E-state index is 0.00243. The highest BCUT2D eigenvalue weighted by Crippen LogP contribution is 2.19. The molecule has 2 aromatic rings. The van der Waals surface area contributed by atoms with Crippen molar-refractivity contribution in [3.8, 4) is 5.75 Å². The Morgan fingerprint density at radius 3 is 2.48 bits per heavy atom. The zero-order valence-electron chi connectivity index (χ0n) is 15.7. The van der Waals surface area contributed by atoms with Gasteiger partial charge < -0.3 is 15.0 Å². The van der Waals surface area contributed by atoms with Gasteiger partial charge in [-0.05, 0) is 42.7 Å². The van der Waals surface area contributed by atoms with Crippen LogP contribution < -0.4 is 10.1 Å². The molecule has 1 N–H and O–H groups in total. The third-order valence-corrected chi connectivity index (χ3v) is 4.27. The van der Waals surface area contributed by atoms with E-state index in [1.807, 2.05) is 31.2 Å². The van der Waals surface area contributed by atoms with Crippen molar-refractivity contribution in [2.75, 3.05) is 20.2 Å². The number of benzene rings is 2. The van der Waals surface area contributed by atoms with Crippen LogP contribution in [0, 0.1) is 5.82 Å². The van der Waals surface area contributed by atoms with Crippen molar-refractivity contribution in [3.63, 3.8) is 0 Å². The summed E-state index contributed by atoms with van der Waals surface area (Å²) in [7, 11) is 1.60. The zero-order chi connectivity index (χ0) is 19.6. The minimum Gasteiger partial charge on any atom is -0.496 e. The predicted octanol–water partition coefficient (Wildman–Crippen LogP) is 2.93. The van der Waals surface area contributed by atoms with Gasteiger partial charge in [0.2, 0.25) is 11.8 Å². The molecular weight excluding hydrogens is 347 g/mol. The summed E-state index contributed by atoms with van der Waals surface area (Å²) in [4.78, 5) is 26.1. The van der Waals surface area contributed by atoms with Gasteiger partial charge in [-0.2, -0.15) is 0 Å². The van der Waals surface area contributed by atoms with Crippen molar-refractivity contribution in [2.24, 2.45) is 0 Å². The van der Waals surface area contributed by atoms with E-state index in [1.165, 1.54) is 17.0 Å². The first-order valence-corrected chi connectivity index (χ1v) is 8.94. The molecule has 0 heterocycles. The monoisotopic (exact) mass is 372 g/mol. The fourth-order valence-electron chi connectivity index (χ4n) is 2.72. The van der Waals surface area contributed by atoms with Crippen LogP contribution in [0.2, 0.25) is 0 Å². The summed E-state index contributed by atoms with van der Waals surface area (Å²) in [6.07, 6.45) is 0.857. The summed E-state index contributed by atoms with van der Waals surface area (Å²) in [6, 6.07) is 13.5. The number of aryl methyl sites for hydroxylation is 1. The van der Waals surface area contributed by atoms with Gasteiger partial charge in [-0.15, -0.1) is 0 Å². The van der Waals surface area contributed by atoms with E-state index in [4.69, 9.17) is 4.74 Å². The predicted molar refractivity (Wildman–Crippen MR) is 102 cm³/mol. The van der Waals surface area contributed by atoms with Crippen LogP contribution in [0.15, 0.2) is 48.5 Å². The summed E-state index contributed by atoms with van der Waals surface area (Å²) < 4.78 is 18.2. The number of carbonyl (C=O) groups excluding carboxylic acids is 2. The van der Waals surface area contributed by atoms with Gasteiger partial charge in [0.1, 0.15) is 11.6 Å². The fraction of sp³-hybridized carbons (Fsp3) is 0.333. The van der Waals surface area contributed by atoms with E-state index >= 15 is 0 Å². The zero-order valence-corrected chi connectivity index (χ0v) is 15.7. The molecule has 0 aromatic heterocycles. The lowest BCUT2D eigenvalue weighted by atomic mass is 10.1. The molecule has 0 aliphatic carbocycles. The molecule has 0 bridgehead atoms. The molecule has 6 heteroatoms. The smallest absolute Gasteiger partial charge is 0.239 e. The highest BCUT2D eigenvalue weighted by Gasteiger charge is 2.16. The Morgan fingerprint density at radius 2 is 1.81 bits per heavy atom. The maximum atomic E-state index is 12.9. The maximum Gasteiger partial charge on any atom is 0.239 e. The second-order valence-electron chi connectivity index (χ2n) is 6.12. The quantitative estimate of drug-likeness (QED) is 0.736. The molecule has 0 spiro atoms. The topological polar surface area (TPSA) is 58.6 Å². The minimum atomic E-state index is -0.317. The van der Waals surface area contributed by atoms with Crippen molar-refractivity contribution in [3.05, 3.63) is 65.5 Å². The van der Waals surface area contributed by atoms with E-state index in [-0.39, 0.29) is 24.2 Å². The van der Waals surface area contributed by atoms with Gasteiger partial charge in [-0.25, -0.2) is 4.39 Å². The van der Waals surface area contributed by atoms with Gasteiger partial charge in [0, 0.05) is 19.5 Å². The third-order valence-electron chi connectivity index (χ3n) is 4.27. The number of hydrogen-bond acceptors (Lipinski definition) is 3. The molecule has 0 aliphatic heterocycles. The van der Waals surface area contributed by atoms with Gasteiger partial charge in [0.05, 0.1) is 13.7 Å². The van der Waals surface area contributed by atoms with Crippen LogP contribution in [0.3, 0.4) is 0 Å². The number of carbonyl (C=O) groups is 2. The van der Waals surface area contributed by atoms with Crippen LogP contribution in [-0.2, 0) is 22.6 Å². The van der Waals surface area contributed by atoms with Crippen LogP contribution in [0.1, 0.15) is 24.5 Å². The molecule has 144 valence electrons. The van der Waals surface area contributed by atoms with Crippen LogP contribution in [0.5, 0.6) is 5.75 Å². The van der Waals surface area contributed by atoms with E-state index < -0.39 is 0 Å². The lowest BCUT2D eigenvalue weighted by molar-refractivity contribution is -0.135. The summed E-state index contributed by atoms with van der Waals surface area (Å²) in [6.45, 7) is 2.59. The number of hydrogen-bond donors (Lipinski definition) is 1. The Kier molecular flexibility index (Phi) is 7.79. The number of amides is 2. The van der Waals surface area contributed by atoms with Gasteiger partial charge in [-0.1, -0.05) is 30.3 Å². The first kappa shape index (κ1) is 20.4. The van der Waals surface area contributed by atoms with Crippen LogP contribution >= 0.6 is 0 Å². The van der Waals surface area contributed by atoms with E-state index in [2.05, 4.69) is 5.32 Å². The van der Waals surface area contributed by atoms with E-state index in [0.717, 1.165) is 16.9 Å². The number of rotatable bonds is 9. The van der Waals surface area contributed by atoms with Gasteiger partial charge in [0.25, 0.3) is 0 Å². The van der Waals surface area contributed by atoms with Crippen LogP contribution in [-0.4, -0.2) is 36.9 Å². The largest absolute Gasteiger partial charge is 0.496 e. The second kappa shape index (κ2) is 10.3. The highest BCUT2D eigenvalue weighted by atomic mass is 19.1. The number of likely N-dealkylation sites (N-methyl/N-ethyl adjacent to an activating group) is 1. The molecular formula is C21H25FN2O3. The Hall–Kier alpha value is -2.89. The van der Waals surface area contributed by atoms with Crippen molar-refractivity contribution in [2.45, 2.75) is 26.3 Å². The lowest BCUT2D eigenvalue weighted by Crippen LogP contribution is -2.40. The van der Waals surface area contributed by atoms with E-state index in [9.17, 15) is 14.0 Å². The van der Waals surface area contributed by atoms with E-state index in [0.29, 0.717) is 25.9 Å². The maximum absolute atomic E-state index is 12.9. The second-order valence-corrected chi connectivity index (χ2v) is 6.12. The standard InChI is InChI=1S/C21H25FN2O3/c1-3-24(15-20(25)23-14-16-8-11-18(22)12-9-16)21(26)13-10-17-6-4-5-7-19(17)27-2/h4-9,11-12H,3,10,13-15H2,1-2H3,(H,23,25). The molecule has 0 atom stereocenters. The van der Waals surface area contributed by atoms with Crippen LogP contribution in [0.25, 0.3) is 0 Å². The normalized spacial score (nSPS) is 10.3. The van der Waals surface area contributed by atoms with Gasteiger partial charge in [0.15, 0.2) is 0 Å². The average Bonchev–Trinajstić information content (AvgIpc) is 2.70. The molecule has 27 heavy (non-hydrogen) atoms. The van der Waals surface area contributed by atoms with Gasteiger partial charge in [-0.3, -0.25) is 9.59 Å². The molecule has 0 unspecified atom stereocenters. The summed E-state index contributed by atoms with van der Waals surface area (Å²) in [5.41, 5.74) is 1.76. The molecule has 2 aromatic carbocycles. The summed E-state index contributed by atoms with van der Waals surface area (Å²) in [5, 5.41) is 2.75. The molecule has 0 saturated carbocycles. The highest BCUT2D eigenvalue weighted by molar-refractivity contribution is 5.84. The van der Waals surface area contributed by atoms with Crippen molar-refractivity contribution in [1.82, 2.24) is 10.2 Å². The average molecular weight is 372 g/mol. The summed E-state index contributed by atoms with van der Waals surface area (Å²) in [5.74, 6) is 0.112. The molecule has 0 fully saturated rings. The molecule has 2 amide bonds. The molecule has 0 saturated heterocycles. The number of para-hydroxylation sites is 1. The summed E-state index contributed by atoms with van der Waals surface area (Å²) >= 11 is 0. The lowest BCUT2D eigenvalue weighted by Gasteiger charge is -2.20. The first-order valence-electron chi connectivity index (χ1n) is 8.94. The fourth-order valence-corrected chi connectivity index (χ4v) is 2.72. The number of methoxy groups -OCH3 is 1. The Balaban J connectivity index is 1.83. The van der Waals surface area contributed by atoms with Crippen LogP contribution in [0.4, 0.5) is 4.39 Å². The van der Waals surface area contributed by atoms with Crippen molar-refractivity contribution >= 4 is 11.8 Å². The Bertz CT molecular complexity index is 762. The third kappa shape index (κ3) is 6.40. The SMILES string of the molecule is CCN(CC(=O)NCc1ccc(F)cc1)C(=O)CCc1ccccc1OC. The Morgan fingerprint density at radius 1 is 1.11 bits per heavy atom. The number of halogens is 1. The molecule has 0 radical (unpaired) electrons. The Labute approximate surface area is 159 Å². The molecule has 5 nitrogen and oxygen atoms in total.